The summed E-state index contributed by atoms with van der Waals surface area (Å²) in [5, 5.41) is 63.5. The first kappa shape index (κ1) is 107. The van der Waals surface area contributed by atoms with Crippen LogP contribution in [-0.4, -0.2) is 119 Å². The fourth-order valence-corrected chi connectivity index (χ4v) is 5.76. The third-order valence-electron chi connectivity index (χ3n) is 7.10. The molecule has 0 saturated carbocycles. The Labute approximate surface area is 584 Å². The first-order valence-corrected chi connectivity index (χ1v) is 35.2. The topological polar surface area (TPSA) is 321 Å². The number of hydrogen-bond donors (Lipinski definition) is 5. The van der Waals surface area contributed by atoms with Crippen LogP contribution in [0.25, 0.3) is 0 Å². The van der Waals surface area contributed by atoms with Gasteiger partial charge in [0.15, 0.2) is 0 Å². The van der Waals surface area contributed by atoms with Crippen molar-refractivity contribution in [3.8, 4) is 0 Å². The SMILES string of the molecule is CC.CC.CC.CC.CC.CC.CC.CC.CC.CC.Cc1ccn[nH]1.Cc1ccn[nH]1.Cc1ccns1.Cc1ccsn1.Cc1cn[nH]c1.Cc1cnsc1.Cc1ncn[nH]1.Cc1ncn[nH]1.Cc1nnc(C)o1.Cc1nnc(C)s1.Cn1cccn1.Cn1cnnc1. The summed E-state index contributed by atoms with van der Waals surface area (Å²) >= 11 is 6.13. The maximum Gasteiger partial charge on any atom is 0.213 e. The molecule has 0 spiro atoms. The van der Waals surface area contributed by atoms with Crippen LogP contribution in [0, 0.1) is 83.1 Å². The van der Waals surface area contributed by atoms with Crippen molar-refractivity contribution in [2.24, 2.45) is 14.1 Å². The third-order valence-corrected chi connectivity index (χ3v) is 9.86. The summed E-state index contributed by atoms with van der Waals surface area (Å²) in [6.45, 7) is 63.1. The lowest BCUT2D eigenvalue weighted by Crippen LogP contribution is -1.83. The van der Waals surface area contributed by atoms with E-state index in [0.717, 1.165) is 38.7 Å². The van der Waals surface area contributed by atoms with Gasteiger partial charge < -0.3 is 8.98 Å². The van der Waals surface area contributed by atoms with E-state index in [1.54, 1.807) is 78.1 Å². The van der Waals surface area contributed by atoms with Gasteiger partial charge in [-0.25, -0.2) is 18.7 Å². The minimum Gasteiger partial charge on any atom is -0.426 e. The molecular formula is C65H126N24OS4. The van der Waals surface area contributed by atoms with Crippen molar-refractivity contribution in [1.29, 1.82) is 0 Å². The van der Waals surface area contributed by atoms with Crippen LogP contribution < -0.4 is 0 Å². The summed E-state index contributed by atoms with van der Waals surface area (Å²) in [5.41, 5.74) is 5.75. The number of H-pyrrole nitrogens is 5. The maximum absolute atomic E-state index is 4.86. The van der Waals surface area contributed by atoms with Crippen molar-refractivity contribution in [3.05, 3.63) is 183 Å². The van der Waals surface area contributed by atoms with Gasteiger partial charge in [0.1, 0.15) is 47.0 Å². The molecule has 0 saturated heterocycles. The van der Waals surface area contributed by atoms with E-state index < -0.39 is 0 Å². The molecule has 12 heterocycles. The zero-order valence-electron chi connectivity index (χ0n) is 64.0. The van der Waals surface area contributed by atoms with E-state index in [9.17, 15) is 0 Å². The normalized spacial score (nSPS) is 7.68. The predicted octanol–water partition coefficient (Wildman–Crippen LogP) is 19.1. The maximum atomic E-state index is 4.86. The molecule has 0 aliphatic carbocycles. The van der Waals surface area contributed by atoms with Crippen molar-refractivity contribution < 1.29 is 4.42 Å². The Morgan fingerprint density at radius 3 is 1.03 bits per heavy atom. The van der Waals surface area contributed by atoms with Gasteiger partial charge in [0, 0.05) is 98.3 Å². The average molecular weight is 1390 g/mol. The fourth-order valence-electron chi connectivity index (χ4n) is 3.70. The summed E-state index contributed by atoms with van der Waals surface area (Å²) < 4.78 is 20.1. The molecule has 0 aromatic carbocycles. The van der Waals surface area contributed by atoms with Crippen molar-refractivity contribution in [2.75, 3.05) is 0 Å². The highest BCUT2D eigenvalue weighted by Crippen LogP contribution is 2.04. The Morgan fingerprint density at radius 2 is 0.926 bits per heavy atom. The standard InChI is InChI=1S/C4H6N2O.C4H6N2S.4C4H6N2.3C4H5NS.3C3H5N3.10C2H6/c2*1-3-5-6-4(2)7-3;1-4-2-5-6-3-4;1-6-4-2-3-5-6;2*1-4-2-3-5-6-4;1-4-2-5-6-3-4;1-4-2-3-6-5-4;1-4-2-3-5-6-4;1-6-2-4-5-3-6;2*1-3-4-2-5-6-3;10*1-2/h2*1-2H3;2-3H,1H3,(H,5,6);2-4H,1H3;2*2-3H,1H3,(H,5,6);4*2-3H,1H3;2*2H,1H3,(H,4,5,6);10*1-2H3. The second kappa shape index (κ2) is 93.6. The molecule has 12 rings (SSSR count). The minimum atomic E-state index is 0.623. The summed E-state index contributed by atoms with van der Waals surface area (Å²) in [7, 11) is 3.76. The summed E-state index contributed by atoms with van der Waals surface area (Å²) in [6.07, 6.45) is 20.6. The van der Waals surface area contributed by atoms with E-state index in [2.05, 4.69) is 110 Å². The Balaban J connectivity index is -0.0000000999. The zero-order valence-corrected chi connectivity index (χ0v) is 67.3. The number of aromatic amines is 5. The van der Waals surface area contributed by atoms with Gasteiger partial charge in [-0.1, -0.05) is 138 Å². The zero-order chi connectivity index (χ0) is 74.6. The van der Waals surface area contributed by atoms with Gasteiger partial charge in [0.25, 0.3) is 0 Å². The minimum absolute atomic E-state index is 0.623. The molecule has 0 aliphatic rings. The van der Waals surface area contributed by atoms with E-state index in [1.165, 1.54) is 63.3 Å². The van der Waals surface area contributed by atoms with Crippen LogP contribution in [0.5, 0.6) is 0 Å². The first-order valence-electron chi connectivity index (χ1n) is 31.9. The summed E-state index contributed by atoms with van der Waals surface area (Å²) in [4.78, 5) is 8.77. The number of nitrogens with zero attached hydrogens (tertiary/aromatic N) is 19. The lowest BCUT2D eigenvalue weighted by molar-refractivity contribution is 0.489. The van der Waals surface area contributed by atoms with Gasteiger partial charge >= 0.3 is 0 Å². The summed E-state index contributed by atoms with van der Waals surface area (Å²) in [6, 6.07) is 9.70. The molecule has 0 bridgehead atoms. The Hall–Kier alpha value is -8.15. The summed E-state index contributed by atoms with van der Waals surface area (Å²) in [5.74, 6) is 2.96. The third kappa shape index (κ3) is 90.3. The monoisotopic (exact) mass is 1390 g/mol. The van der Waals surface area contributed by atoms with Gasteiger partial charge in [0.05, 0.1) is 11.9 Å². The van der Waals surface area contributed by atoms with Crippen LogP contribution in [0.2, 0.25) is 0 Å². The predicted molar refractivity (Wildman–Crippen MR) is 404 cm³/mol. The molecule has 12 aromatic rings. The van der Waals surface area contributed by atoms with Gasteiger partial charge in [-0.15, -0.1) is 41.9 Å². The first-order chi connectivity index (χ1) is 45.5. The second-order valence-corrected chi connectivity index (χ2v) is 18.1. The molecule has 5 N–H and O–H groups in total. The number of nitrogens with one attached hydrogen (secondary N) is 5. The van der Waals surface area contributed by atoms with Crippen LogP contribution >= 0.6 is 45.9 Å². The molecule has 0 amide bonds. The second-order valence-electron chi connectivity index (χ2n) is 14.3. The van der Waals surface area contributed by atoms with Crippen molar-refractivity contribution in [1.82, 2.24) is 119 Å². The highest BCUT2D eigenvalue weighted by atomic mass is 32.1. The molecule has 12 aromatic heterocycles. The quantitative estimate of drug-likeness (QED) is 0.0942. The van der Waals surface area contributed by atoms with Gasteiger partial charge in [-0.2, -0.15) is 35.0 Å². The van der Waals surface area contributed by atoms with Crippen LogP contribution in [0.15, 0.2) is 120 Å². The Kier molecular flexibility index (Phi) is 107. The van der Waals surface area contributed by atoms with E-state index >= 15 is 0 Å². The average Bonchev–Trinajstić information content (AvgIpc) is 4.08. The van der Waals surface area contributed by atoms with Crippen molar-refractivity contribution >= 4 is 45.9 Å². The molecule has 94 heavy (non-hydrogen) atoms. The largest absolute Gasteiger partial charge is 0.426 e. The molecule has 0 fully saturated rings. The van der Waals surface area contributed by atoms with Crippen LogP contribution in [-0.2, 0) is 14.1 Å². The van der Waals surface area contributed by atoms with Crippen molar-refractivity contribution in [2.45, 2.75) is 222 Å². The molecule has 0 unspecified atom stereocenters. The highest BCUT2D eigenvalue weighted by molar-refractivity contribution is 7.11. The van der Waals surface area contributed by atoms with E-state index in [0.29, 0.717) is 11.8 Å². The number of aromatic nitrogens is 24. The fraction of sp³-hybridized carbons (Fsp3) is 0.523. The Bertz CT molecular complexity index is 2260. The molecule has 0 aliphatic heterocycles. The lowest BCUT2D eigenvalue weighted by Gasteiger charge is -1.77. The van der Waals surface area contributed by atoms with Gasteiger partial charge in [0.2, 0.25) is 11.8 Å². The molecule has 0 radical (unpaired) electrons. The molecule has 29 heteroatoms. The van der Waals surface area contributed by atoms with Gasteiger partial charge in [-0.3, -0.25) is 30.2 Å². The Morgan fingerprint density at radius 1 is 0.457 bits per heavy atom. The molecular weight excluding hydrogens is 1260 g/mol. The lowest BCUT2D eigenvalue weighted by atomic mass is 10.4. The molecule has 536 valence electrons. The van der Waals surface area contributed by atoms with Crippen LogP contribution in [0.1, 0.15) is 205 Å². The molecule has 25 nitrogen and oxygen atoms in total. The van der Waals surface area contributed by atoms with E-state index in [1.807, 2.05) is 281 Å². The smallest absolute Gasteiger partial charge is 0.213 e. The van der Waals surface area contributed by atoms with E-state index in [4.69, 9.17) is 4.42 Å². The van der Waals surface area contributed by atoms with Gasteiger partial charge in [-0.05, 0) is 145 Å². The highest BCUT2D eigenvalue weighted by Gasteiger charge is 1.90. The number of rotatable bonds is 0. The van der Waals surface area contributed by atoms with Crippen molar-refractivity contribution in [3.63, 3.8) is 0 Å². The van der Waals surface area contributed by atoms with E-state index in [-0.39, 0.29) is 0 Å². The van der Waals surface area contributed by atoms with Crippen LogP contribution in [0.4, 0.5) is 0 Å². The number of hydrogen-bond acceptors (Lipinski definition) is 22. The van der Waals surface area contributed by atoms with Crippen LogP contribution in [0.3, 0.4) is 0 Å². The molecule has 0 atom stereocenters. The number of aryl methyl sites for hydroxylation is 14.